The minimum Gasteiger partial charge on any atom is -0.368 e. The lowest BCUT2D eigenvalue weighted by molar-refractivity contribution is -0.134. The van der Waals surface area contributed by atoms with Crippen molar-refractivity contribution in [2.45, 2.75) is 30.7 Å². The Balaban J connectivity index is 1.47. The largest absolute Gasteiger partial charge is 0.368 e. The van der Waals surface area contributed by atoms with E-state index in [9.17, 15) is 18.0 Å². The zero-order valence-corrected chi connectivity index (χ0v) is 21.8. The molecule has 0 bridgehead atoms. The van der Waals surface area contributed by atoms with Crippen LogP contribution in [0.5, 0.6) is 0 Å². The molecular formula is C26H29ClN4O4S. The number of anilines is 1. The molecule has 36 heavy (non-hydrogen) atoms. The topological polar surface area (TPSA) is 99.7 Å². The van der Waals surface area contributed by atoms with Crippen LogP contribution in [0.2, 0.25) is 5.02 Å². The molecule has 1 unspecified atom stereocenters. The average molecular weight is 529 g/mol. The Morgan fingerprint density at radius 2 is 1.83 bits per heavy atom. The number of aromatic nitrogens is 1. The number of aryl methyl sites for hydroxylation is 1. The summed E-state index contributed by atoms with van der Waals surface area (Å²) in [6.07, 6.45) is 1.73. The highest BCUT2D eigenvalue weighted by Gasteiger charge is 2.32. The predicted molar refractivity (Wildman–Crippen MR) is 141 cm³/mol. The van der Waals surface area contributed by atoms with Gasteiger partial charge in [-0.15, -0.1) is 0 Å². The van der Waals surface area contributed by atoms with Crippen LogP contribution in [0.1, 0.15) is 18.5 Å². The number of hydrogen-bond acceptors (Lipinski definition) is 6. The van der Waals surface area contributed by atoms with Crippen molar-refractivity contribution in [3.8, 4) is 0 Å². The smallest absolute Gasteiger partial charge is 0.223 e. The van der Waals surface area contributed by atoms with Crippen molar-refractivity contribution < 1.29 is 18.0 Å². The SMILES string of the molecule is CNC(=O)CC1CN(c2ccnc(C)c2)CCN1C(=O)CCS(=O)(=O)c1ccc2cc(Cl)ccc2c1. The summed E-state index contributed by atoms with van der Waals surface area (Å²) in [5, 5.41) is 4.81. The van der Waals surface area contributed by atoms with Crippen LogP contribution >= 0.6 is 11.6 Å². The van der Waals surface area contributed by atoms with E-state index in [1.165, 1.54) is 0 Å². The summed E-state index contributed by atoms with van der Waals surface area (Å²) in [5.74, 6) is -0.749. The molecule has 1 N–H and O–H groups in total. The molecule has 2 aromatic carbocycles. The lowest BCUT2D eigenvalue weighted by Gasteiger charge is -2.42. The maximum absolute atomic E-state index is 13.2. The molecule has 8 nitrogen and oxygen atoms in total. The predicted octanol–water partition coefficient (Wildman–Crippen LogP) is 3.21. The van der Waals surface area contributed by atoms with Crippen LogP contribution in [0.3, 0.4) is 0 Å². The first-order chi connectivity index (χ1) is 17.2. The zero-order valence-electron chi connectivity index (χ0n) is 20.3. The van der Waals surface area contributed by atoms with Gasteiger partial charge in [0.15, 0.2) is 9.84 Å². The number of hydrogen-bond donors (Lipinski definition) is 1. The standard InChI is InChI=1S/C26H29ClN4O4S/c1-18-13-22(7-9-29-18)30-10-11-31(23(17-30)16-25(32)28-2)26(33)8-12-36(34,35)24-6-4-19-14-21(27)5-3-20(19)15-24/h3-7,9,13-15,23H,8,10-12,16-17H2,1-2H3,(H,28,32). The number of fused-ring (bicyclic) bond motifs is 1. The van der Waals surface area contributed by atoms with Gasteiger partial charge in [-0.05, 0) is 54.1 Å². The van der Waals surface area contributed by atoms with Crippen molar-refractivity contribution in [2.24, 2.45) is 0 Å². The molecule has 1 saturated heterocycles. The summed E-state index contributed by atoms with van der Waals surface area (Å²) in [6, 6.07) is 13.6. The summed E-state index contributed by atoms with van der Waals surface area (Å²) in [4.78, 5) is 33.6. The molecule has 2 amide bonds. The highest BCUT2D eigenvalue weighted by atomic mass is 35.5. The maximum atomic E-state index is 13.2. The van der Waals surface area contributed by atoms with E-state index in [2.05, 4.69) is 15.2 Å². The van der Waals surface area contributed by atoms with Crippen LogP contribution < -0.4 is 10.2 Å². The van der Waals surface area contributed by atoms with E-state index in [0.29, 0.717) is 24.7 Å². The second kappa shape index (κ2) is 10.8. The lowest BCUT2D eigenvalue weighted by atomic mass is 10.1. The number of piperazine rings is 1. The molecular weight excluding hydrogens is 500 g/mol. The molecule has 190 valence electrons. The van der Waals surface area contributed by atoms with Gasteiger partial charge in [0, 0.05) is 62.1 Å². The molecule has 1 aliphatic heterocycles. The summed E-state index contributed by atoms with van der Waals surface area (Å²) < 4.78 is 26.1. The van der Waals surface area contributed by atoms with Gasteiger partial charge in [0.2, 0.25) is 11.8 Å². The second-order valence-corrected chi connectivity index (χ2v) is 11.5. The summed E-state index contributed by atoms with van der Waals surface area (Å²) in [7, 11) is -2.12. The van der Waals surface area contributed by atoms with Crippen LogP contribution in [0.25, 0.3) is 10.8 Å². The first kappa shape index (κ1) is 25.9. The Kier molecular flexibility index (Phi) is 7.80. The van der Waals surface area contributed by atoms with Gasteiger partial charge in [0.05, 0.1) is 16.7 Å². The molecule has 0 spiro atoms. The van der Waals surface area contributed by atoms with Crippen LogP contribution in [-0.2, 0) is 19.4 Å². The van der Waals surface area contributed by atoms with Gasteiger partial charge in [-0.2, -0.15) is 0 Å². The third kappa shape index (κ3) is 5.96. The fraction of sp³-hybridized carbons (Fsp3) is 0.346. The molecule has 10 heteroatoms. The Morgan fingerprint density at radius 3 is 2.58 bits per heavy atom. The average Bonchev–Trinajstić information content (AvgIpc) is 2.86. The minimum atomic E-state index is -3.68. The summed E-state index contributed by atoms with van der Waals surface area (Å²) in [5.41, 5.74) is 1.87. The first-order valence-corrected chi connectivity index (χ1v) is 13.8. The summed E-state index contributed by atoms with van der Waals surface area (Å²) >= 11 is 6.02. The fourth-order valence-electron chi connectivity index (χ4n) is 4.51. The zero-order chi connectivity index (χ0) is 25.9. The van der Waals surface area contributed by atoms with Gasteiger partial charge in [-0.3, -0.25) is 14.6 Å². The number of pyridine rings is 1. The number of halogens is 1. The van der Waals surface area contributed by atoms with E-state index in [0.717, 1.165) is 22.2 Å². The molecule has 0 saturated carbocycles. The molecule has 1 aliphatic rings. The van der Waals surface area contributed by atoms with E-state index in [1.807, 2.05) is 19.1 Å². The Morgan fingerprint density at radius 1 is 1.08 bits per heavy atom. The van der Waals surface area contributed by atoms with Crippen molar-refractivity contribution in [3.63, 3.8) is 0 Å². The number of amides is 2. The molecule has 4 rings (SSSR count). The van der Waals surface area contributed by atoms with Crippen LogP contribution in [0, 0.1) is 6.92 Å². The van der Waals surface area contributed by atoms with Crippen molar-refractivity contribution >= 4 is 49.7 Å². The fourth-order valence-corrected chi connectivity index (χ4v) is 5.95. The molecule has 1 atom stereocenters. The molecule has 1 aromatic heterocycles. The van der Waals surface area contributed by atoms with Crippen molar-refractivity contribution in [2.75, 3.05) is 37.3 Å². The number of carbonyl (C=O) groups excluding carboxylic acids is 2. The number of sulfone groups is 1. The number of nitrogens with one attached hydrogen (secondary N) is 1. The van der Waals surface area contributed by atoms with Gasteiger partial charge in [-0.1, -0.05) is 23.7 Å². The number of benzene rings is 2. The van der Waals surface area contributed by atoms with E-state index in [4.69, 9.17) is 11.6 Å². The number of nitrogens with zero attached hydrogens (tertiary/aromatic N) is 3. The Hall–Kier alpha value is -3.17. The van der Waals surface area contributed by atoms with E-state index >= 15 is 0 Å². The van der Waals surface area contributed by atoms with Gasteiger partial charge in [0.1, 0.15) is 0 Å². The molecule has 1 fully saturated rings. The van der Waals surface area contributed by atoms with E-state index in [-0.39, 0.29) is 41.3 Å². The van der Waals surface area contributed by atoms with Gasteiger partial charge >= 0.3 is 0 Å². The molecule has 3 aromatic rings. The van der Waals surface area contributed by atoms with Crippen molar-refractivity contribution in [1.29, 1.82) is 0 Å². The first-order valence-electron chi connectivity index (χ1n) is 11.8. The molecule has 2 heterocycles. The van der Waals surface area contributed by atoms with E-state index in [1.54, 1.807) is 54.5 Å². The molecule has 0 aliphatic carbocycles. The van der Waals surface area contributed by atoms with E-state index < -0.39 is 9.84 Å². The highest BCUT2D eigenvalue weighted by molar-refractivity contribution is 7.91. The van der Waals surface area contributed by atoms with Gasteiger partial charge in [-0.25, -0.2) is 8.42 Å². The minimum absolute atomic E-state index is 0.142. The Labute approximate surface area is 216 Å². The van der Waals surface area contributed by atoms with Gasteiger partial charge < -0.3 is 15.1 Å². The maximum Gasteiger partial charge on any atom is 0.223 e. The third-order valence-electron chi connectivity index (χ3n) is 6.47. The van der Waals surface area contributed by atoms with Gasteiger partial charge in [0.25, 0.3) is 0 Å². The third-order valence-corrected chi connectivity index (χ3v) is 8.41. The normalized spacial score (nSPS) is 16.2. The number of rotatable bonds is 7. The summed E-state index contributed by atoms with van der Waals surface area (Å²) in [6.45, 7) is 3.37. The Bertz CT molecular complexity index is 1400. The van der Waals surface area contributed by atoms with Crippen LogP contribution in [0.15, 0.2) is 59.6 Å². The lowest BCUT2D eigenvalue weighted by Crippen LogP contribution is -2.56. The molecule has 0 radical (unpaired) electrons. The monoisotopic (exact) mass is 528 g/mol. The van der Waals surface area contributed by atoms with Crippen molar-refractivity contribution in [1.82, 2.24) is 15.2 Å². The second-order valence-electron chi connectivity index (χ2n) is 8.94. The number of carbonyl (C=O) groups is 2. The quantitative estimate of drug-likeness (QED) is 0.505. The van der Waals surface area contributed by atoms with Crippen LogP contribution in [0.4, 0.5) is 5.69 Å². The highest BCUT2D eigenvalue weighted by Crippen LogP contribution is 2.25. The van der Waals surface area contributed by atoms with Crippen molar-refractivity contribution in [3.05, 3.63) is 65.4 Å². The van der Waals surface area contributed by atoms with Crippen LogP contribution in [-0.4, -0.2) is 68.6 Å².